The summed E-state index contributed by atoms with van der Waals surface area (Å²) in [6.07, 6.45) is 10.2. The molecule has 1 aromatic rings. The average Bonchev–Trinajstić information content (AvgIpc) is 3.08. The van der Waals surface area contributed by atoms with Gasteiger partial charge in [-0.3, -0.25) is 9.48 Å². The fourth-order valence-corrected chi connectivity index (χ4v) is 3.25. The number of nitrogens with zero attached hydrogens (tertiary/aromatic N) is 2. The Balaban J connectivity index is 1.63. The number of rotatable bonds is 3. The molecule has 114 valence electrons. The van der Waals surface area contributed by atoms with Crippen LogP contribution in [-0.2, 0) is 16.6 Å². The van der Waals surface area contributed by atoms with E-state index in [1.165, 1.54) is 24.8 Å². The predicted molar refractivity (Wildman–Crippen MR) is 79.6 cm³/mol. The molecule has 1 aliphatic heterocycles. The highest BCUT2D eigenvalue weighted by Gasteiger charge is 2.32. The Morgan fingerprint density at radius 3 is 2.95 bits per heavy atom. The van der Waals surface area contributed by atoms with Crippen LogP contribution in [0.3, 0.4) is 0 Å². The van der Waals surface area contributed by atoms with Crippen molar-refractivity contribution in [3.63, 3.8) is 0 Å². The number of allylic oxidation sites excluding steroid dienone is 1. The van der Waals surface area contributed by atoms with Gasteiger partial charge in [0.15, 0.2) is 0 Å². The molecular weight excluding hydrogens is 266 g/mol. The van der Waals surface area contributed by atoms with E-state index in [0.29, 0.717) is 6.61 Å². The molecule has 0 radical (unpaired) electrons. The summed E-state index contributed by atoms with van der Waals surface area (Å²) < 4.78 is 7.60. The van der Waals surface area contributed by atoms with E-state index in [9.17, 15) is 4.79 Å². The number of aromatic nitrogens is 2. The lowest BCUT2D eigenvalue weighted by Gasteiger charge is -2.20. The first-order chi connectivity index (χ1) is 10.2. The minimum atomic E-state index is -0.0915. The van der Waals surface area contributed by atoms with Crippen LogP contribution in [-0.4, -0.2) is 28.3 Å². The topological polar surface area (TPSA) is 56.1 Å². The van der Waals surface area contributed by atoms with E-state index in [1.54, 1.807) is 12.3 Å². The predicted octanol–water partition coefficient (Wildman–Crippen LogP) is 2.26. The van der Waals surface area contributed by atoms with Gasteiger partial charge in [0.05, 0.1) is 11.7 Å². The number of ether oxygens (including phenoxy) is 1. The molecule has 0 unspecified atom stereocenters. The maximum atomic E-state index is 12.2. The molecule has 1 aliphatic carbocycles. The van der Waals surface area contributed by atoms with E-state index in [1.807, 2.05) is 17.8 Å². The highest BCUT2D eigenvalue weighted by atomic mass is 16.5. The minimum Gasteiger partial charge on any atom is -0.370 e. The zero-order valence-corrected chi connectivity index (χ0v) is 12.5. The highest BCUT2D eigenvalue weighted by Crippen LogP contribution is 2.29. The molecule has 1 amide bonds. The van der Waals surface area contributed by atoms with Crippen molar-refractivity contribution in [1.82, 2.24) is 15.1 Å². The van der Waals surface area contributed by atoms with Gasteiger partial charge in [-0.1, -0.05) is 12.0 Å². The van der Waals surface area contributed by atoms with Gasteiger partial charge in [-0.15, -0.1) is 0 Å². The van der Waals surface area contributed by atoms with Crippen molar-refractivity contribution < 1.29 is 9.53 Å². The van der Waals surface area contributed by atoms with Gasteiger partial charge in [-0.25, -0.2) is 0 Å². The Bertz CT molecular complexity index is 527. The number of hydrogen-bond acceptors (Lipinski definition) is 3. The second kappa shape index (κ2) is 6.43. The standard InChI is InChI=1S/C16H23N3O2/c1-19-14(7-9-17-19)16-13(8-10-21-16)18-15(20)11-12-5-3-2-4-6-12/h7,9,11,13,16H,2-6,8,10H2,1H3,(H,18,20)/t13-,16-/m0/s1. The van der Waals surface area contributed by atoms with Crippen molar-refractivity contribution in [3.05, 3.63) is 29.6 Å². The van der Waals surface area contributed by atoms with Crippen molar-refractivity contribution in [2.75, 3.05) is 6.61 Å². The molecule has 2 fully saturated rings. The Hall–Kier alpha value is -1.62. The Morgan fingerprint density at radius 1 is 1.43 bits per heavy atom. The molecule has 2 aliphatic rings. The maximum absolute atomic E-state index is 12.2. The second-order valence-corrected chi connectivity index (χ2v) is 5.94. The molecule has 0 bridgehead atoms. The van der Waals surface area contributed by atoms with E-state index in [4.69, 9.17) is 4.74 Å². The van der Waals surface area contributed by atoms with Gasteiger partial charge in [0.1, 0.15) is 6.10 Å². The minimum absolute atomic E-state index is 0.0227. The summed E-state index contributed by atoms with van der Waals surface area (Å²) in [7, 11) is 1.90. The summed E-state index contributed by atoms with van der Waals surface area (Å²) in [6, 6.07) is 1.99. The first-order valence-corrected chi connectivity index (χ1v) is 7.83. The average molecular weight is 289 g/mol. The summed E-state index contributed by atoms with van der Waals surface area (Å²) in [4.78, 5) is 12.2. The van der Waals surface area contributed by atoms with Crippen LogP contribution in [0.5, 0.6) is 0 Å². The second-order valence-electron chi connectivity index (χ2n) is 5.94. The van der Waals surface area contributed by atoms with E-state index in [-0.39, 0.29) is 18.1 Å². The van der Waals surface area contributed by atoms with Crippen LogP contribution in [0.15, 0.2) is 23.9 Å². The van der Waals surface area contributed by atoms with Gasteiger partial charge in [0.25, 0.3) is 0 Å². The van der Waals surface area contributed by atoms with Crippen LogP contribution < -0.4 is 5.32 Å². The quantitative estimate of drug-likeness (QED) is 0.868. The third-order valence-corrected chi connectivity index (χ3v) is 4.40. The SMILES string of the molecule is Cn1nccc1[C@H]1OCC[C@@H]1NC(=O)C=C1CCCCC1. The highest BCUT2D eigenvalue weighted by molar-refractivity contribution is 5.88. The number of amides is 1. The van der Waals surface area contributed by atoms with Gasteiger partial charge < -0.3 is 10.1 Å². The van der Waals surface area contributed by atoms with E-state index in [0.717, 1.165) is 25.0 Å². The van der Waals surface area contributed by atoms with Gasteiger partial charge in [-0.2, -0.15) is 5.10 Å². The molecule has 21 heavy (non-hydrogen) atoms. The Morgan fingerprint density at radius 2 is 2.24 bits per heavy atom. The molecule has 0 spiro atoms. The Labute approximate surface area is 125 Å². The molecule has 1 aromatic heterocycles. The van der Waals surface area contributed by atoms with Gasteiger partial charge >= 0.3 is 0 Å². The van der Waals surface area contributed by atoms with Crippen LogP contribution in [0.2, 0.25) is 0 Å². The smallest absolute Gasteiger partial charge is 0.244 e. The summed E-state index contributed by atoms with van der Waals surface area (Å²) >= 11 is 0. The van der Waals surface area contributed by atoms with Gasteiger partial charge in [0, 0.05) is 25.9 Å². The van der Waals surface area contributed by atoms with Crippen LogP contribution in [0, 0.1) is 0 Å². The molecule has 2 heterocycles. The van der Waals surface area contributed by atoms with Crippen molar-refractivity contribution in [2.24, 2.45) is 7.05 Å². The molecule has 1 saturated carbocycles. The number of carbonyl (C=O) groups excluding carboxylic acids is 1. The lowest BCUT2D eigenvalue weighted by Crippen LogP contribution is -2.36. The molecule has 0 aromatic carbocycles. The van der Waals surface area contributed by atoms with Crippen molar-refractivity contribution in [1.29, 1.82) is 0 Å². The molecule has 3 rings (SSSR count). The van der Waals surface area contributed by atoms with Crippen molar-refractivity contribution in [3.8, 4) is 0 Å². The lowest BCUT2D eigenvalue weighted by molar-refractivity contribution is -0.117. The Kier molecular flexibility index (Phi) is 4.39. The summed E-state index contributed by atoms with van der Waals surface area (Å²) in [6.45, 7) is 0.678. The third kappa shape index (κ3) is 3.35. The largest absolute Gasteiger partial charge is 0.370 e. The lowest BCUT2D eigenvalue weighted by atomic mass is 9.94. The monoisotopic (exact) mass is 289 g/mol. The first kappa shape index (κ1) is 14.3. The fraction of sp³-hybridized carbons (Fsp3) is 0.625. The number of aryl methyl sites for hydroxylation is 1. The summed E-state index contributed by atoms with van der Waals surface area (Å²) in [5.74, 6) is 0.0227. The zero-order chi connectivity index (χ0) is 14.7. The van der Waals surface area contributed by atoms with Crippen LogP contribution in [0.4, 0.5) is 0 Å². The fourth-order valence-electron chi connectivity index (χ4n) is 3.25. The van der Waals surface area contributed by atoms with Crippen LogP contribution in [0.25, 0.3) is 0 Å². The van der Waals surface area contributed by atoms with Crippen LogP contribution >= 0.6 is 0 Å². The van der Waals surface area contributed by atoms with Crippen molar-refractivity contribution >= 4 is 5.91 Å². The molecule has 5 nitrogen and oxygen atoms in total. The zero-order valence-electron chi connectivity index (χ0n) is 12.5. The van der Waals surface area contributed by atoms with E-state index < -0.39 is 0 Å². The van der Waals surface area contributed by atoms with E-state index >= 15 is 0 Å². The summed E-state index contributed by atoms with van der Waals surface area (Å²) in [5, 5.41) is 7.29. The third-order valence-electron chi connectivity index (χ3n) is 4.40. The van der Waals surface area contributed by atoms with Crippen molar-refractivity contribution in [2.45, 2.75) is 50.7 Å². The van der Waals surface area contributed by atoms with Gasteiger partial charge in [0.2, 0.25) is 5.91 Å². The molecule has 1 N–H and O–H groups in total. The molecule has 5 heteroatoms. The number of carbonyl (C=O) groups is 1. The van der Waals surface area contributed by atoms with Crippen LogP contribution in [0.1, 0.15) is 50.3 Å². The first-order valence-electron chi connectivity index (χ1n) is 7.83. The van der Waals surface area contributed by atoms with Gasteiger partial charge in [-0.05, 0) is 38.2 Å². The normalized spacial score (nSPS) is 25.9. The molecule has 2 atom stereocenters. The van der Waals surface area contributed by atoms with E-state index in [2.05, 4.69) is 10.4 Å². The summed E-state index contributed by atoms with van der Waals surface area (Å²) in [5.41, 5.74) is 2.30. The molecular formula is C16H23N3O2. The molecule has 1 saturated heterocycles. The number of hydrogen-bond donors (Lipinski definition) is 1. The number of nitrogens with one attached hydrogen (secondary N) is 1. The maximum Gasteiger partial charge on any atom is 0.244 e.